The fourth-order valence-electron chi connectivity index (χ4n) is 5.67. The van der Waals surface area contributed by atoms with Crippen molar-refractivity contribution in [3.8, 4) is 28.6 Å². The average Bonchev–Trinajstić information content (AvgIpc) is 3.15. The van der Waals surface area contributed by atoms with Crippen molar-refractivity contribution in [2.45, 2.75) is 26.2 Å². The van der Waals surface area contributed by atoms with Crippen LogP contribution in [0, 0.1) is 11.8 Å². The Morgan fingerprint density at radius 1 is 0.946 bits per heavy atom. The van der Waals surface area contributed by atoms with Gasteiger partial charge in [0.25, 0.3) is 0 Å². The van der Waals surface area contributed by atoms with E-state index in [1.54, 1.807) is 44.4 Å². The number of likely N-dealkylation sites (tertiary alicyclic amines) is 1. The van der Waals surface area contributed by atoms with Crippen LogP contribution in [0.1, 0.15) is 31.7 Å². The Labute approximate surface area is 214 Å². The summed E-state index contributed by atoms with van der Waals surface area (Å²) in [6.07, 6.45) is 2.51. The van der Waals surface area contributed by atoms with Gasteiger partial charge in [0.15, 0.2) is 5.43 Å². The number of fused-ring (bicyclic) bond motifs is 2. The van der Waals surface area contributed by atoms with Gasteiger partial charge in [-0.05, 0) is 44.5 Å². The van der Waals surface area contributed by atoms with Gasteiger partial charge in [-0.1, -0.05) is 11.6 Å². The Bertz CT molecular complexity index is 1480. The number of allylic oxidation sites excluding steroid dienone is 2. The van der Waals surface area contributed by atoms with Crippen molar-refractivity contribution in [3.05, 3.63) is 63.8 Å². The van der Waals surface area contributed by atoms with E-state index >= 15 is 0 Å². The molecule has 0 spiro atoms. The van der Waals surface area contributed by atoms with Crippen molar-refractivity contribution >= 4 is 22.8 Å². The second-order valence-electron chi connectivity index (χ2n) is 9.40. The van der Waals surface area contributed by atoms with E-state index in [1.807, 2.05) is 13.0 Å². The quantitative estimate of drug-likeness (QED) is 0.360. The fourth-order valence-corrected chi connectivity index (χ4v) is 5.67. The monoisotopic (exact) mass is 503 g/mol. The molecule has 8 heteroatoms. The maximum Gasteiger partial charge on any atom is 0.234 e. The minimum Gasteiger partial charge on any atom is -0.497 e. The number of hydrogen-bond acceptors (Lipinski definition) is 7. The molecule has 192 valence electrons. The highest BCUT2D eigenvalue weighted by atomic mass is 16.5. The minimum absolute atomic E-state index is 0.160. The molecule has 3 atom stereocenters. The summed E-state index contributed by atoms with van der Waals surface area (Å²) in [4.78, 5) is 41.4. The Hall–Kier alpha value is -4.07. The van der Waals surface area contributed by atoms with Gasteiger partial charge in [0.1, 0.15) is 34.0 Å². The molecule has 0 unspecified atom stereocenters. The van der Waals surface area contributed by atoms with Crippen LogP contribution in [0.3, 0.4) is 0 Å². The summed E-state index contributed by atoms with van der Waals surface area (Å²) >= 11 is 0. The Kier molecular flexibility index (Phi) is 6.27. The Balaban J connectivity index is 1.80. The molecular weight excluding hydrogens is 474 g/mol. The predicted octanol–water partition coefficient (Wildman–Crippen LogP) is 4.54. The van der Waals surface area contributed by atoms with Gasteiger partial charge in [-0.2, -0.15) is 0 Å². The second kappa shape index (κ2) is 9.42. The van der Waals surface area contributed by atoms with Crippen LogP contribution in [0.15, 0.2) is 57.3 Å². The molecule has 3 aromatic rings. The van der Waals surface area contributed by atoms with Gasteiger partial charge in [-0.25, -0.2) is 0 Å². The number of methoxy groups -OCH3 is 3. The van der Waals surface area contributed by atoms with E-state index in [0.29, 0.717) is 47.1 Å². The third-order valence-electron chi connectivity index (χ3n) is 7.39. The summed E-state index contributed by atoms with van der Waals surface area (Å²) < 4.78 is 23.0. The lowest BCUT2D eigenvalue weighted by Crippen LogP contribution is -2.31. The number of carbonyl (C=O) groups is 2. The van der Waals surface area contributed by atoms with Gasteiger partial charge in [-0.15, -0.1) is 0 Å². The fraction of sp³-hybridized carbons (Fsp3) is 0.345. The summed E-state index contributed by atoms with van der Waals surface area (Å²) in [6.45, 7) is 4.06. The zero-order valence-electron chi connectivity index (χ0n) is 21.5. The molecule has 8 nitrogen and oxygen atoms in total. The molecule has 1 aromatic heterocycles. The number of ether oxygens (including phenoxy) is 3. The first-order valence-corrected chi connectivity index (χ1v) is 12.2. The van der Waals surface area contributed by atoms with E-state index in [4.69, 9.17) is 18.6 Å². The van der Waals surface area contributed by atoms with E-state index in [2.05, 4.69) is 0 Å². The van der Waals surface area contributed by atoms with Gasteiger partial charge in [0, 0.05) is 35.7 Å². The van der Waals surface area contributed by atoms with Crippen molar-refractivity contribution in [3.63, 3.8) is 0 Å². The third kappa shape index (κ3) is 3.87. The van der Waals surface area contributed by atoms with Crippen LogP contribution >= 0.6 is 0 Å². The SMILES string of the molecule is CCN1C(=O)[C@H]2[C@H](CC(C)=C[C@H]2c2c(OC)cc(OC)c3c(=O)cc(-c4ccc(OC)cc4)oc23)C1=O. The second-order valence-corrected chi connectivity index (χ2v) is 9.40. The maximum atomic E-state index is 13.5. The lowest BCUT2D eigenvalue weighted by Gasteiger charge is -2.30. The average molecular weight is 504 g/mol. The van der Waals surface area contributed by atoms with Gasteiger partial charge in [-0.3, -0.25) is 19.3 Å². The summed E-state index contributed by atoms with van der Waals surface area (Å²) in [7, 11) is 4.58. The Morgan fingerprint density at radius 3 is 2.27 bits per heavy atom. The minimum atomic E-state index is -0.614. The number of imide groups is 1. The van der Waals surface area contributed by atoms with E-state index in [-0.39, 0.29) is 28.2 Å². The largest absolute Gasteiger partial charge is 0.497 e. The zero-order chi connectivity index (χ0) is 26.4. The number of hydrogen-bond donors (Lipinski definition) is 0. The number of nitrogens with zero attached hydrogens (tertiary/aromatic N) is 1. The van der Waals surface area contributed by atoms with E-state index in [1.165, 1.54) is 25.2 Å². The van der Waals surface area contributed by atoms with Crippen molar-refractivity contribution < 1.29 is 28.2 Å². The lowest BCUT2D eigenvalue weighted by molar-refractivity contribution is -0.139. The summed E-state index contributed by atoms with van der Waals surface area (Å²) in [5.41, 5.74) is 2.22. The predicted molar refractivity (Wildman–Crippen MR) is 138 cm³/mol. The molecule has 1 saturated heterocycles. The molecule has 0 saturated carbocycles. The first-order chi connectivity index (χ1) is 17.8. The van der Waals surface area contributed by atoms with Crippen LogP contribution in [0.2, 0.25) is 0 Å². The van der Waals surface area contributed by atoms with Gasteiger partial charge in [0.2, 0.25) is 11.8 Å². The smallest absolute Gasteiger partial charge is 0.234 e. The summed E-state index contributed by atoms with van der Waals surface area (Å²) in [6, 6.07) is 10.3. The Morgan fingerprint density at radius 2 is 1.65 bits per heavy atom. The van der Waals surface area contributed by atoms with Crippen LogP contribution in [0.4, 0.5) is 0 Å². The lowest BCUT2D eigenvalue weighted by atomic mass is 9.71. The van der Waals surface area contributed by atoms with E-state index in [0.717, 1.165) is 5.57 Å². The number of benzene rings is 2. The zero-order valence-corrected chi connectivity index (χ0v) is 21.5. The molecule has 0 bridgehead atoms. The van der Waals surface area contributed by atoms with Crippen molar-refractivity contribution in [2.24, 2.45) is 11.8 Å². The highest BCUT2D eigenvalue weighted by molar-refractivity contribution is 6.06. The van der Waals surface area contributed by atoms with E-state index < -0.39 is 17.8 Å². The molecule has 1 aliphatic heterocycles. The summed E-state index contributed by atoms with van der Waals surface area (Å²) in [5.74, 6) is -0.227. The molecule has 2 heterocycles. The maximum absolute atomic E-state index is 13.5. The molecule has 2 amide bonds. The molecule has 1 aliphatic carbocycles. The van der Waals surface area contributed by atoms with Gasteiger partial charge >= 0.3 is 0 Å². The van der Waals surface area contributed by atoms with Crippen LogP contribution in [-0.2, 0) is 9.59 Å². The third-order valence-corrected chi connectivity index (χ3v) is 7.39. The standard InChI is InChI=1S/C29H29NO7/c1-6-30-28(32)19-12-15(2)11-18(24(19)29(30)33)25-22(35-4)14-23(36-5)26-20(31)13-21(37-27(25)26)16-7-9-17(34-3)10-8-16/h7-11,13-14,18-19,24H,6,12H2,1-5H3/t18-,19+,24-/m1/s1. The molecule has 2 aromatic carbocycles. The molecule has 37 heavy (non-hydrogen) atoms. The summed E-state index contributed by atoms with van der Waals surface area (Å²) in [5, 5.41) is 0.257. The van der Waals surface area contributed by atoms with Crippen LogP contribution in [-0.4, -0.2) is 44.6 Å². The molecule has 5 rings (SSSR count). The number of carbonyl (C=O) groups excluding carboxylic acids is 2. The molecule has 2 aliphatic rings. The molecule has 0 radical (unpaired) electrons. The van der Waals surface area contributed by atoms with Crippen molar-refractivity contribution in [2.75, 3.05) is 27.9 Å². The molecule has 0 N–H and O–H groups in total. The van der Waals surface area contributed by atoms with Crippen LogP contribution in [0.25, 0.3) is 22.3 Å². The topological polar surface area (TPSA) is 95.3 Å². The van der Waals surface area contributed by atoms with Crippen molar-refractivity contribution in [1.29, 1.82) is 0 Å². The first-order valence-electron chi connectivity index (χ1n) is 12.2. The van der Waals surface area contributed by atoms with Crippen LogP contribution < -0.4 is 19.6 Å². The number of amides is 2. The normalized spacial score (nSPS) is 21.2. The number of rotatable bonds is 6. The van der Waals surface area contributed by atoms with Crippen molar-refractivity contribution in [1.82, 2.24) is 4.90 Å². The van der Waals surface area contributed by atoms with Crippen LogP contribution in [0.5, 0.6) is 17.2 Å². The van der Waals surface area contributed by atoms with Gasteiger partial charge < -0.3 is 18.6 Å². The van der Waals surface area contributed by atoms with Gasteiger partial charge in [0.05, 0.1) is 33.2 Å². The molecule has 1 fully saturated rings. The highest BCUT2D eigenvalue weighted by Crippen LogP contribution is 2.50. The van der Waals surface area contributed by atoms with E-state index in [9.17, 15) is 14.4 Å². The molecular formula is C29H29NO7. The first kappa shape index (κ1) is 24.6. The highest BCUT2D eigenvalue weighted by Gasteiger charge is 2.52.